The molecule has 3 heterocycles. The van der Waals surface area contributed by atoms with Crippen LogP contribution in [0.15, 0.2) is 18.2 Å². The summed E-state index contributed by atoms with van der Waals surface area (Å²) in [6.45, 7) is 2.50. The van der Waals surface area contributed by atoms with Gasteiger partial charge >= 0.3 is 0 Å². The van der Waals surface area contributed by atoms with Crippen LogP contribution in [0.4, 0.5) is 0 Å². The molecule has 1 N–H and O–H groups in total. The Morgan fingerprint density at radius 1 is 1.16 bits per heavy atom. The highest BCUT2D eigenvalue weighted by molar-refractivity contribution is 5.76. The summed E-state index contributed by atoms with van der Waals surface area (Å²) in [6.07, 6.45) is 4.81. The van der Waals surface area contributed by atoms with E-state index in [1.807, 2.05) is 18.2 Å². The molecule has 1 spiro atoms. The molecule has 0 aromatic heterocycles. The van der Waals surface area contributed by atoms with Crippen LogP contribution in [0.5, 0.6) is 11.5 Å². The Balaban J connectivity index is 1.27. The number of hydrogen-bond donors (Lipinski definition) is 1. The van der Waals surface area contributed by atoms with Crippen molar-refractivity contribution >= 4 is 5.91 Å². The smallest absolute Gasteiger partial charge is 0.231 e. The van der Waals surface area contributed by atoms with Gasteiger partial charge < -0.3 is 24.3 Å². The van der Waals surface area contributed by atoms with Crippen molar-refractivity contribution in [2.24, 2.45) is 0 Å². The van der Waals surface area contributed by atoms with Crippen molar-refractivity contribution in [2.75, 3.05) is 26.6 Å². The second kappa shape index (κ2) is 7.22. The average Bonchev–Trinajstić information content (AvgIpc) is 3.08. The summed E-state index contributed by atoms with van der Waals surface area (Å²) in [6, 6.07) is 6.06. The third kappa shape index (κ3) is 3.90. The van der Waals surface area contributed by atoms with E-state index in [0.717, 1.165) is 56.0 Å². The first kappa shape index (κ1) is 16.7. The zero-order valence-corrected chi connectivity index (χ0v) is 14.4. The van der Waals surface area contributed by atoms with E-state index in [0.29, 0.717) is 19.4 Å². The van der Waals surface area contributed by atoms with Gasteiger partial charge in [0.2, 0.25) is 12.7 Å². The summed E-state index contributed by atoms with van der Waals surface area (Å²) in [5.74, 6) is 1.65. The van der Waals surface area contributed by atoms with Crippen molar-refractivity contribution < 1.29 is 23.7 Å². The molecule has 0 bridgehead atoms. The van der Waals surface area contributed by atoms with Crippen molar-refractivity contribution in [3.8, 4) is 11.5 Å². The molecule has 1 atom stereocenters. The quantitative estimate of drug-likeness (QED) is 0.904. The molecule has 1 unspecified atom stereocenters. The van der Waals surface area contributed by atoms with Crippen LogP contribution in [-0.4, -0.2) is 44.2 Å². The molecular formula is C19H25NO5. The maximum Gasteiger partial charge on any atom is 0.231 e. The van der Waals surface area contributed by atoms with E-state index in [2.05, 4.69) is 5.32 Å². The number of carbonyl (C=O) groups excluding carboxylic acids is 1. The fraction of sp³-hybridized carbons (Fsp3) is 0.632. The van der Waals surface area contributed by atoms with Crippen molar-refractivity contribution in [1.82, 2.24) is 5.32 Å². The van der Waals surface area contributed by atoms with Gasteiger partial charge in [0.15, 0.2) is 11.5 Å². The monoisotopic (exact) mass is 347 g/mol. The number of hydrogen-bond acceptors (Lipinski definition) is 5. The van der Waals surface area contributed by atoms with Crippen molar-refractivity contribution in [3.05, 3.63) is 23.8 Å². The second-order valence-electron chi connectivity index (χ2n) is 7.09. The lowest BCUT2D eigenvalue weighted by molar-refractivity contribution is -0.144. The van der Waals surface area contributed by atoms with Gasteiger partial charge in [-0.15, -0.1) is 0 Å². The highest BCUT2D eigenvalue weighted by Crippen LogP contribution is 2.34. The van der Waals surface area contributed by atoms with Crippen molar-refractivity contribution in [1.29, 1.82) is 0 Å². The van der Waals surface area contributed by atoms with Gasteiger partial charge in [-0.05, 0) is 49.8 Å². The predicted octanol–water partition coefficient (Wildman–Crippen LogP) is 2.19. The lowest BCUT2D eigenvalue weighted by Gasteiger charge is -2.43. The van der Waals surface area contributed by atoms with E-state index in [4.69, 9.17) is 18.9 Å². The maximum absolute atomic E-state index is 12.4. The molecule has 25 heavy (non-hydrogen) atoms. The molecule has 2 fully saturated rings. The lowest BCUT2D eigenvalue weighted by Crippen LogP contribution is -2.51. The Kier molecular flexibility index (Phi) is 4.81. The van der Waals surface area contributed by atoms with Gasteiger partial charge in [-0.2, -0.15) is 0 Å². The SMILES string of the molecule is O=C(CCc1ccc2c(c1)OCO2)NC1CCOC2(CCOCC2)C1. The molecule has 0 radical (unpaired) electrons. The van der Waals surface area contributed by atoms with Gasteiger partial charge in [0, 0.05) is 32.3 Å². The van der Waals surface area contributed by atoms with E-state index in [-0.39, 0.29) is 24.3 Å². The second-order valence-corrected chi connectivity index (χ2v) is 7.09. The molecule has 1 amide bonds. The Morgan fingerprint density at radius 2 is 2.00 bits per heavy atom. The Morgan fingerprint density at radius 3 is 2.88 bits per heavy atom. The average molecular weight is 347 g/mol. The fourth-order valence-corrected chi connectivity index (χ4v) is 3.90. The minimum absolute atomic E-state index is 0.0915. The highest BCUT2D eigenvalue weighted by atomic mass is 16.7. The highest BCUT2D eigenvalue weighted by Gasteiger charge is 2.39. The number of nitrogens with one attached hydrogen (secondary N) is 1. The molecule has 0 aliphatic carbocycles. The summed E-state index contributed by atoms with van der Waals surface area (Å²) in [5, 5.41) is 3.20. The number of benzene rings is 1. The molecule has 0 saturated carbocycles. The molecule has 1 aromatic carbocycles. The lowest BCUT2D eigenvalue weighted by atomic mass is 9.84. The van der Waals surface area contributed by atoms with Gasteiger partial charge in [-0.3, -0.25) is 4.79 Å². The molecule has 3 aliphatic heterocycles. The summed E-state index contributed by atoms with van der Waals surface area (Å²) >= 11 is 0. The molecule has 1 aromatic rings. The van der Waals surface area contributed by atoms with Crippen LogP contribution in [0.25, 0.3) is 0 Å². The molecule has 6 heteroatoms. The first-order valence-electron chi connectivity index (χ1n) is 9.12. The van der Waals surface area contributed by atoms with Crippen molar-refractivity contribution in [2.45, 2.75) is 50.2 Å². The van der Waals surface area contributed by atoms with E-state index in [1.54, 1.807) is 0 Å². The number of amides is 1. The zero-order valence-electron chi connectivity index (χ0n) is 14.4. The molecule has 3 aliphatic rings. The minimum atomic E-state index is -0.0915. The first-order chi connectivity index (χ1) is 12.2. The maximum atomic E-state index is 12.4. The standard InChI is InChI=1S/C19H25NO5/c21-18(4-2-14-1-3-16-17(11-14)24-13-23-16)20-15-5-8-25-19(12-15)6-9-22-10-7-19/h1,3,11,15H,2,4-10,12-13H2,(H,20,21). The van der Waals surface area contributed by atoms with Gasteiger partial charge in [-0.1, -0.05) is 6.07 Å². The van der Waals surface area contributed by atoms with E-state index in [1.165, 1.54) is 0 Å². The number of aryl methyl sites for hydroxylation is 1. The van der Waals surface area contributed by atoms with Gasteiger partial charge in [0.1, 0.15) is 0 Å². The predicted molar refractivity (Wildman–Crippen MR) is 90.8 cm³/mol. The van der Waals surface area contributed by atoms with E-state index >= 15 is 0 Å². The van der Waals surface area contributed by atoms with Crippen molar-refractivity contribution in [3.63, 3.8) is 0 Å². The van der Waals surface area contributed by atoms with E-state index < -0.39 is 0 Å². The topological polar surface area (TPSA) is 66.0 Å². The van der Waals surface area contributed by atoms with Crippen LogP contribution in [0.2, 0.25) is 0 Å². The third-order valence-corrected chi connectivity index (χ3v) is 5.34. The van der Waals surface area contributed by atoms with Crippen LogP contribution in [0, 0.1) is 0 Å². The molecular weight excluding hydrogens is 322 g/mol. The van der Waals surface area contributed by atoms with Crippen LogP contribution in [-0.2, 0) is 20.7 Å². The summed E-state index contributed by atoms with van der Waals surface area (Å²) in [4.78, 5) is 12.4. The normalized spacial score (nSPS) is 24.2. The Labute approximate surface area is 147 Å². The van der Waals surface area contributed by atoms with Gasteiger partial charge in [0.25, 0.3) is 0 Å². The fourth-order valence-electron chi connectivity index (χ4n) is 3.90. The summed E-state index contributed by atoms with van der Waals surface area (Å²) < 4.78 is 22.2. The zero-order chi connectivity index (χ0) is 17.1. The van der Waals surface area contributed by atoms with Crippen LogP contribution in [0.1, 0.15) is 37.7 Å². The molecule has 2 saturated heterocycles. The largest absolute Gasteiger partial charge is 0.454 e. The number of ether oxygens (including phenoxy) is 4. The number of carbonyl (C=O) groups is 1. The van der Waals surface area contributed by atoms with Crippen LogP contribution >= 0.6 is 0 Å². The van der Waals surface area contributed by atoms with Gasteiger partial charge in [-0.25, -0.2) is 0 Å². The number of fused-ring (bicyclic) bond motifs is 1. The Hall–Kier alpha value is -1.79. The third-order valence-electron chi connectivity index (χ3n) is 5.34. The first-order valence-corrected chi connectivity index (χ1v) is 9.12. The summed E-state index contributed by atoms with van der Waals surface area (Å²) in [7, 11) is 0. The van der Waals surface area contributed by atoms with Crippen LogP contribution in [0.3, 0.4) is 0 Å². The minimum Gasteiger partial charge on any atom is -0.454 e. The van der Waals surface area contributed by atoms with E-state index in [9.17, 15) is 4.79 Å². The van der Waals surface area contributed by atoms with Crippen LogP contribution < -0.4 is 14.8 Å². The number of rotatable bonds is 4. The summed E-state index contributed by atoms with van der Waals surface area (Å²) in [5.41, 5.74) is 0.999. The van der Waals surface area contributed by atoms with Gasteiger partial charge in [0.05, 0.1) is 5.60 Å². The molecule has 4 rings (SSSR count). The molecule has 136 valence electrons. The Bertz CT molecular complexity index is 621. The molecule has 6 nitrogen and oxygen atoms in total.